The maximum absolute atomic E-state index is 5.46. The molecular formula is C14H27N7. The largest absolute Gasteiger partial charge is 0.354 e. The minimum absolute atomic E-state index is 0.243. The van der Waals surface area contributed by atoms with Gasteiger partial charge in [-0.05, 0) is 24.2 Å². The molecule has 1 aliphatic rings. The molecule has 0 bridgehead atoms. The summed E-state index contributed by atoms with van der Waals surface area (Å²) in [5.74, 6) is 7.64. The quantitative estimate of drug-likeness (QED) is 0.563. The van der Waals surface area contributed by atoms with Crippen LogP contribution < -0.4 is 21.5 Å². The van der Waals surface area contributed by atoms with Gasteiger partial charge in [0.2, 0.25) is 17.8 Å². The van der Waals surface area contributed by atoms with Gasteiger partial charge in [-0.15, -0.1) is 0 Å². The van der Waals surface area contributed by atoms with E-state index in [4.69, 9.17) is 5.84 Å². The van der Waals surface area contributed by atoms with Crippen LogP contribution in [0.5, 0.6) is 0 Å². The van der Waals surface area contributed by atoms with Crippen LogP contribution in [0.15, 0.2) is 0 Å². The van der Waals surface area contributed by atoms with E-state index in [2.05, 4.69) is 58.3 Å². The average Bonchev–Trinajstić information content (AvgIpc) is 2.97. The molecule has 21 heavy (non-hydrogen) atoms. The third kappa shape index (κ3) is 4.17. The van der Waals surface area contributed by atoms with Gasteiger partial charge in [0, 0.05) is 19.6 Å². The molecule has 2 heterocycles. The summed E-state index contributed by atoms with van der Waals surface area (Å²) in [5, 5.41) is 3.31. The van der Waals surface area contributed by atoms with E-state index < -0.39 is 0 Å². The van der Waals surface area contributed by atoms with Crippen molar-refractivity contribution in [2.75, 3.05) is 35.3 Å². The van der Waals surface area contributed by atoms with E-state index in [1.54, 1.807) is 0 Å². The maximum atomic E-state index is 5.46. The van der Waals surface area contributed by atoms with E-state index in [1.807, 2.05) is 0 Å². The van der Waals surface area contributed by atoms with Gasteiger partial charge in [-0.2, -0.15) is 15.0 Å². The fraction of sp³-hybridized carbons (Fsp3) is 0.786. The predicted octanol–water partition coefficient (Wildman–Crippen LogP) is 1.85. The minimum atomic E-state index is 0.243. The number of anilines is 3. The normalized spacial score (nSPS) is 16.9. The fourth-order valence-corrected chi connectivity index (χ4v) is 2.12. The fourth-order valence-electron chi connectivity index (χ4n) is 2.12. The minimum Gasteiger partial charge on any atom is -0.354 e. The lowest BCUT2D eigenvalue weighted by Gasteiger charge is -2.27. The van der Waals surface area contributed by atoms with Gasteiger partial charge in [-0.1, -0.05) is 27.7 Å². The highest BCUT2D eigenvalue weighted by molar-refractivity contribution is 5.43. The second kappa shape index (κ2) is 6.43. The first-order valence-corrected chi connectivity index (χ1v) is 7.61. The molecule has 7 nitrogen and oxygen atoms in total. The van der Waals surface area contributed by atoms with Crippen molar-refractivity contribution in [2.24, 2.45) is 17.2 Å². The molecule has 0 aliphatic carbocycles. The van der Waals surface area contributed by atoms with E-state index in [0.29, 0.717) is 23.8 Å². The van der Waals surface area contributed by atoms with Crippen LogP contribution in [0.3, 0.4) is 0 Å². The standard InChI is InChI=1S/C14H27N7/c1-10(14(2,3)4)9-16-11-17-12(20-15)19-13(18-11)21-7-5-6-8-21/h10H,5-9,15H2,1-4H3,(H2,16,17,18,19,20). The van der Waals surface area contributed by atoms with Crippen LogP contribution in [0, 0.1) is 11.3 Å². The molecule has 1 aromatic heterocycles. The smallest absolute Gasteiger partial charge is 0.243 e. The van der Waals surface area contributed by atoms with Gasteiger partial charge in [-0.25, -0.2) is 5.84 Å². The summed E-state index contributed by atoms with van der Waals surface area (Å²) in [6.45, 7) is 11.7. The molecule has 7 heteroatoms. The molecule has 118 valence electrons. The van der Waals surface area contributed by atoms with Crippen molar-refractivity contribution in [1.29, 1.82) is 0 Å². The zero-order valence-electron chi connectivity index (χ0n) is 13.5. The van der Waals surface area contributed by atoms with Crippen LogP contribution in [0.2, 0.25) is 0 Å². The molecular weight excluding hydrogens is 266 g/mol. The number of hydrazine groups is 1. The lowest BCUT2D eigenvalue weighted by Crippen LogP contribution is -2.27. The Morgan fingerprint density at radius 3 is 2.33 bits per heavy atom. The molecule has 1 aromatic rings. The average molecular weight is 293 g/mol. The predicted molar refractivity (Wildman–Crippen MR) is 86.2 cm³/mol. The first kappa shape index (κ1) is 15.8. The number of aromatic nitrogens is 3. The Morgan fingerprint density at radius 2 is 1.76 bits per heavy atom. The van der Waals surface area contributed by atoms with Crippen molar-refractivity contribution >= 4 is 17.8 Å². The number of nitrogens with one attached hydrogen (secondary N) is 2. The Bertz CT molecular complexity index is 463. The zero-order valence-corrected chi connectivity index (χ0v) is 13.5. The zero-order chi connectivity index (χ0) is 15.5. The second-order valence-electron chi connectivity index (χ2n) is 6.77. The first-order chi connectivity index (χ1) is 9.90. The van der Waals surface area contributed by atoms with Crippen LogP contribution in [-0.2, 0) is 0 Å². The van der Waals surface area contributed by atoms with Crippen molar-refractivity contribution < 1.29 is 0 Å². The van der Waals surface area contributed by atoms with Gasteiger partial charge < -0.3 is 10.2 Å². The van der Waals surface area contributed by atoms with Crippen molar-refractivity contribution in [3.63, 3.8) is 0 Å². The molecule has 0 spiro atoms. The third-order valence-corrected chi connectivity index (χ3v) is 4.19. The number of hydrogen-bond donors (Lipinski definition) is 3. The number of nitrogens with zero attached hydrogens (tertiary/aromatic N) is 4. The van der Waals surface area contributed by atoms with Crippen LogP contribution in [0.4, 0.5) is 17.8 Å². The number of nitrogens with two attached hydrogens (primary N) is 1. The van der Waals surface area contributed by atoms with E-state index >= 15 is 0 Å². The SMILES string of the molecule is CC(CNc1nc(NN)nc(N2CCCC2)n1)C(C)(C)C. The summed E-state index contributed by atoms with van der Waals surface area (Å²) in [6.07, 6.45) is 2.36. The highest BCUT2D eigenvalue weighted by Crippen LogP contribution is 2.25. The molecule has 1 unspecified atom stereocenters. The maximum Gasteiger partial charge on any atom is 0.243 e. The van der Waals surface area contributed by atoms with E-state index in [1.165, 1.54) is 12.8 Å². The third-order valence-electron chi connectivity index (χ3n) is 4.19. The van der Waals surface area contributed by atoms with Gasteiger partial charge in [0.1, 0.15) is 0 Å². The Hall–Kier alpha value is -1.63. The Labute approximate surface area is 126 Å². The summed E-state index contributed by atoms with van der Waals surface area (Å²) in [5.41, 5.74) is 2.76. The molecule has 1 atom stereocenters. The summed E-state index contributed by atoms with van der Waals surface area (Å²) in [7, 11) is 0. The molecule has 0 amide bonds. The molecule has 0 aromatic carbocycles. The van der Waals surface area contributed by atoms with Gasteiger partial charge in [-0.3, -0.25) is 5.43 Å². The Morgan fingerprint density at radius 1 is 1.14 bits per heavy atom. The van der Waals surface area contributed by atoms with Gasteiger partial charge in [0.25, 0.3) is 0 Å². The molecule has 1 fully saturated rings. The molecule has 1 saturated heterocycles. The summed E-state index contributed by atoms with van der Waals surface area (Å²) in [4.78, 5) is 15.3. The van der Waals surface area contributed by atoms with Crippen LogP contribution in [0.25, 0.3) is 0 Å². The molecule has 4 N–H and O–H groups in total. The number of hydrogen-bond acceptors (Lipinski definition) is 7. The molecule has 0 saturated carbocycles. The van der Waals surface area contributed by atoms with Crippen molar-refractivity contribution in [3.8, 4) is 0 Å². The highest BCUT2D eigenvalue weighted by Gasteiger charge is 2.21. The summed E-state index contributed by atoms with van der Waals surface area (Å²) >= 11 is 0. The lowest BCUT2D eigenvalue weighted by atomic mass is 9.82. The number of rotatable bonds is 5. The van der Waals surface area contributed by atoms with E-state index in [-0.39, 0.29) is 5.41 Å². The van der Waals surface area contributed by atoms with Crippen LogP contribution in [-0.4, -0.2) is 34.6 Å². The van der Waals surface area contributed by atoms with E-state index in [9.17, 15) is 0 Å². The topological polar surface area (TPSA) is 92.0 Å². The van der Waals surface area contributed by atoms with Gasteiger partial charge in [0.15, 0.2) is 0 Å². The lowest BCUT2D eigenvalue weighted by molar-refractivity contribution is 0.274. The van der Waals surface area contributed by atoms with E-state index in [0.717, 1.165) is 19.6 Å². The second-order valence-corrected chi connectivity index (χ2v) is 6.77. The number of nitrogen functional groups attached to an aromatic ring is 1. The molecule has 1 aliphatic heterocycles. The van der Waals surface area contributed by atoms with Crippen molar-refractivity contribution in [1.82, 2.24) is 15.0 Å². The van der Waals surface area contributed by atoms with Gasteiger partial charge >= 0.3 is 0 Å². The summed E-state index contributed by atoms with van der Waals surface area (Å²) < 4.78 is 0. The highest BCUT2D eigenvalue weighted by atomic mass is 15.4. The van der Waals surface area contributed by atoms with Gasteiger partial charge in [0.05, 0.1) is 0 Å². The Balaban J connectivity index is 2.09. The Kier molecular flexibility index (Phi) is 4.82. The monoisotopic (exact) mass is 293 g/mol. The van der Waals surface area contributed by atoms with Crippen molar-refractivity contribution in [3.05, 3.63) is 0 Å². The van der Waals surface area contributed by atoms with Crippen molar-refractivity contribution in [2.45, 2.75) is 40.5 Å². The first-order valence-electron chi connectivity index (χ1n) is 7.61. The van der Waals surface area contributed by atoms with Crippen LogP contribution in [0.1, 0.15) is 40.5 Å². The molecule has 2 rings (SSSR count). The molecule has 0 radical (unpaired) electrons. The van der Waals surface area contributed by atoms with Crippen LogP contribution >= 0.6 is 0 Å². The summed E-state index contributed by atoms with van der Waals surface area (Å²) in [6, 6.07) is 0.